The van der Waals surface area contributed by atoms with E-state index in [-0.39, 0.29) is 0 Å². The molecule has 0 saturated carbocycles. The van der Waals surface area contributed by atoms with Crippen molar-refractivity contribution in [3.05, 3.63) is 77.7 Å². The van der Waals surface area contributed by atoms with Crippen molar-refractivity contribution in [3.63, 3.8) is 0 Å². The molecule has 164 valence electrons. The first kappa shape index (κ1) is 20.1. The Morgan fingerprint density at radius 3 is 2.58 bits per heavy atom. The lowest BCUT2D eigenvalue weighted by Gasteiger charge is -2.29. The Morgan fingerprint density at radius 2 is 1.76 bits per heavy atom. The zero-order valence-electron chi connectivity index (χ0n) is 17.7. The fourth-order valence-corrected chi connectivity index (χ4v) is 4.39. The molecule has 0 spiro atoms. The summed E-state index contributed by atoms with van der Waals surface area (Å²) in [5, 5.41) is 9.65. The Labute approximate surface area is 198 Å². The first-order valence-electron chi connectivity index (χ1n) is 10.7. The van der Waals surface area contributed by atoms with Gasteiger partial charge in [0.15, 0.2) is 11.5 Å². The number of benzene rings is 1. The SMILES string of the molecule is Brc1cccc(-c2ccn(-c3cc(N4CCOCC4)n4nc(-c5cccnc5)cc4n3)n2)c1. The van der Waals surface area contributed by atoms with Crippen molar-refractivity contribution in [3.8, 4) is 28.3 Å². The lowest BCUT2D eigenvalue weighted by molar-refractivity contribution is 0.122. The normalized spacial score (nSPS) is 14.2. The van der Waals surface area contributed by atoms with Crippen LogP contribution in [0, 0.1) is 0 Å². The summed E-state index contributed by atoms with van der Waals surface area (Å²) in [6, 6.07) is 18.1. The van der Waals surface area contributed by atoms with Gasteiger partial charge in [-0.1, -0.05) is 28.1 Å². The van der Waals surface area contributed by atoms with Crippen LogP contribution in [0.15, 0.2) is 77.7 Å². The summed E-state index contributed by atoms with van der Waals surface area (Å²) in [6.45, 7) is 2.96. The van der Waals surface area contributed by atoms with Crippen LogP contribution in [-0.2, 0) is 4.74 Å². The molecule has 1 saturated heterocycles. The number of hydrogen-bond acceptors (Lipinski definition) is 6. The second kappa shape index (κ2) is 8.42. The number of aromatic nitrogens is 6. The van der Waals surface area contributed by atoms with Crippen LogP contribution in [0.4, 0.5) is 5.82 Å². The molecule has 0 bridgehead atoms. The standard InChI is InChI=1S/C24H20BrN7O/c25-19-5-1-3-17(13-19)20-6-8-31(28-20)22-15-24(30-9-11-33-12-10-30)32-23(27-22)14-21(29-32)18-4-2-7-26-16-18/h1-8,13-16H,9-12H2. The lowest BCUT2D eigenvalue weighted by atomic mass is 10.2. The molecular formula is C24H20BrN7O. The molecule has 0 amide bonds. The van der Waals surface area contributed by atoms with E-state index in [4.69, 9.17) is 19.9 Å². The largest absolute Gasteiger partial charge is 0.378 e. The van der Waals surface area contributed by atoms with Crippen LogP contribution in [0.1, 0.15) is 0 Å². The second-order valence-corrected chi connectivity index (χ2v) is 8.68. The summed E-state index contributed by atoms with van der Waals surface area (Å²) in [7, 11) is 0. The third-order valence-electron chi connectivity index (χ3n) is 5.63. The maximum Gasteiger partial charge on any atom is 0.160 e. The minimum absolute atomic E-state index is 0.685. The van der Waals surface area contributed by atoms with Gasteiger partial charge in [0.1, 0.15) is 5.82 Å². The molecular weight excluding hydrogens is 482 g/mol. The van der Waals surface area contributed by atoms with Crippen molar-refractivity contribution in [2.45, 2.75) is 0 Å². The Morgan fingerprint density at radius 1 is 0.879 bits per heavy atom. The quantitative estimate of drug-likeness (QED) is 0.366. The van der Waals surface area contributed by atoms with E-state index in [9.17, 15) is 0 Å². The van der Waals surface area contributed by atoms with Gasteiger partial charge in [-0.25, -0.2) is 9.67 Å². The van der Waals surface area contributed by atoms with Gasteiger partial charge in [0.25, 0.3) is 0 Å². The van der Waals surface area contributed by atoms with Crippen molar-refractivity contribution in [1.29, 1.82) is 0 Å². The first-order valence-corrected chi connectivity index (χ1v) is 11.5. The molecule has 0 radical (unpaired) electrons. The number of ether oxygens (including phenoxy) is 1. The van der Waals surface area contributed by atoms with Gasteiger partial charge < -0.3 is 9.64 Å². The fourth-order valence-electron chi connectivity index (χ4n) is 3.99. The van der Waals surface area contributed by atoms with E-state index < -0.39 is 0 Å². The summed E-state index contributed by atoms with van der Waals surface area (Å²) in [5.74, 6) is 1.70. The Balaban J connectivity index is 1.47. The number of rotatable bonds is 4. The van der Waals surface area contributed by atoms with Gasteiger partial charge in [-0.3, -0.25) is 4.98 Å². The van der Waals surface area contributed by atoms with Crippen LogP contribution >= 0.6 is 15.9 Å². The van der Waals surface area contributed by atoms with Crippen molar-refractivity contribution in [2.75, 3.05) is 31.2 Å². The topological polar surface area (TPSA) is 73.4 Å². The van der Waals surface area contributed by atoms with Gasteiger partial charge in [0, 0.05) is 59.4 Å². The minimum atomic E-state index is 0.685. The molecule has 1 fully saturated rings. The van der Waals surface area contributed by atoms with Crippen molar-refractivity contribution >= 4 is 27.4 Å². The van der Waals surface area contributed by atoms with Gasteiger partial charge >= 0.3 is 0 Å². The number of hydrogen-bond donors (Lipinski definition) is 0. The molecule has 1 aliphatic rings. The molecule has 1 aliphatic heterocycles. The highest BCUT2D eigenvalue weighted by atomic mass is 79.9. The average Bonchev–Trinajstić information content (AvgIpc) is 3.52. The molecule has 6 rings (SSSR count). The highest BCUT2D eigenvalue weighted by Gasteiger charge is 2.19. The van der Waals surface area contributed by atoms with E-state index in [0.29, 0.717) is 13.2 Å². The van der Waals surface area contributed by atoms with Crippen molar-refractivity contribution in [2.24, 2.45) is 0 Å². The summed E-state index contributed by atoms with van der Waals surface area (Å²) >= 11 is 3.54. The molecule has 0 atom stereocenters. The predicted molar refractivity (Wildman–Crippen MR) is 130 cm³/mol. The van der Waals surface area contributed by atoms with Gasteiger partial charge in [0.2, 0.25) is 0 Å². The van der Waals surface area contributed by atoms with Crippen molar-refractivity contribution in [1.82, 2.24) is 29.4 Å². The second-order valence-electron chi connectivity index (χ2n) is 7.77. The lowest BCUT2D eigenvalue weighted by Crippen LogP contribution is -2.37. The molecule has 0 unspecified atom stereocenters. The third-order valence-corrected chi connectivity index (χ3v) is 6.12. The van der Waals surface area contributed by atoms with E-state index >= 15 is 0 Å². The molecule has 1 aromatic carbocycles. The molecule has 8 nitrogen and oxygen atoms in total. The molecule has 5 aromatic rings. The summed E-state index contributed by atoms with van der Waals surface area (Å²) in [4.78, 5) is 11.4. The summed E-state index contributed by atoms with van der Waals surface area (Å²) in [5.41, 5.74) is 4.47. The van der Waals surface area contributed by atoms with E-state index in [1.165, 1.54) is 0 Å². The number of nitrogens with zero attached hydrogens (tertiary/aromatic N) is 7. The van der Waals surface area contributed by atoms with Crippen LogP contribution in [0.5, 0.6) is 0 Å². The Hall–Kier alpha value is -3.56. The van der Waals surface area contributed by atoms with Gasteiger partial charge in [-0.05, 0) is 30.3 Å². The van der Waals surface area contributed by atoms with Crippen LogP contribution in [0.2, 0.25) is 0 Å². The number of morpholine rings is 1. The van der Waals surface area contributed by atoms with E-state index in [0.717, 1.165) is 57.4 Å². The van der Waals surface area contributed by atoms with Crippen LogP contribution in [0.3, 0.4) is 0 Å². The first-order chi connectivity index (χ1) is 16.2. The number of anilines is 1. The third kappa shape index (κ3) is 3.90. The van der Waals surface area contributed by atoms with Gasteiger partial charge in [0.05, 0.1) is 24.6 Å². The number of fused-ring (bicyclic) bond motifs is 1. The van der Waals surface area contributed by atoms with Crippen molar-refractivity contribution < 1.29 is 4.74 Å². The molecule has 5 heterocycles. The van der Waals surface area contributed by atoms with Gasteiger partial charge in [-0.15, -0.1) is 0 Å². The zero-order chi connectivity index (χ0) is 22.2. The Kier molecular flexibility index (Phi) is 5.12. The predicted octanol–water partition coefficient (Wildman–Crippen LogP) is 4.24. The summed E-state index contributed by atoms with van der Waals surface area (Å²) < 4.78 is 10.3. The molecule has 9 heteroatoms. The van der Waals surface area contributed by atoms with Crippen LogP contribution < -0.4 is 4.90 Å². The molecule has 4 aromatic heterocycles. The number of halogens is 1. The average molecular weight is 502 g/mol. The Bertz CT molecular complexity index is 1420. The highest BCUT2D eigenvalue weighted by molar-refractivity contribution is 9.10. The highest BCUT2D eigenvalue weighted by Crippen LogP contribution is 2.26. The molecule has 0 N–H and O–H groups in total. The smallest absolute Gasteiger partial charge is 0.160 e. The molecule has 33 heavy (non-hydrogen) atoms. The van der Waals surface area contributed by atoms with Crippen LogP contribution in [-0.4, -0.2) is 55.7 Å². The van der Waals surface area contributed by atoms with Gasteiger partial charge in [-0.2, -0.15) is 14.7 Å². The summed E-state index contributed by atoms with van der Waals surface area (Å²) in [6.07, 6.45) is 5.51. The van der Waals surface area contributed by atoms with E-state index in [1.54, 1.807) is 6.20 Å². The molecule has 0 aliphatic carbocycles. The minimum Gasteiger partial charge on any atom is -0.378 e. The maximum atomic E-state index is 5.57. The van der Waals surface area contributed by atoms with Crippen LogP contribution in [0.25, 0.3) is 34.0 Å². The zero-order valence-corrected chi connectivity index (χ0v) is 19.3. The monoisotopic (exact) mass is 501 g/mol. The number of pyridine rings is 1. The van der Waals surface area contributed by atoms with E-state index in [1.807, 2.05) is 70.1 Å². The fraction of sp³-hybridized carbons (Fsp3) is 0.167. The maximum absolute atomic E-state index is 5.57. The van der Waals surface area contributed by atoms with E-state index in [2.05, 4.69) is 31.9 Å².